The topological polar surface area (TPSA) is 30.7 Å². The first kappa shape index (κ1) is 13.8. The molecule has 0 amide bonds. The number of hydrogen-bond acceptors (Lipinski definition) is 2. The zero-order valence-corrected chi connectivity index (χ0v) is 12.2. The van der Waals surface area contributed by atoms with Gasteiger partial charge in [-0.25, -0.2) is 4.98 Å². The predicted octanol–water partition coefficient (Wildman–Crippen LogP) is 4.48. The summed E-state index contributed by atoms with van der Waals surface area (Å²) >= 11 is 0. The van der Waals surface area contributed by atoms with E-state index in [1.807, 2.05) is 6.20 Å². The molecule has 0 bridgehead atoms. The van der Waals surface area contributed by atoms with Gasteiger partial charge in [0.1, 0.15) is 5.82 Å². The van der Waals surface area contributed by atoms with Crippen LogP contribution < -0.4 is 0 Å². The lowest BCUT2D eigenvalue weighted by Gasteiger charge is -2.10. The van der Waals surface area contributed by atoms with Gasteiger partial charge in [0.2, 0.25) is 0 Å². The maximum Gasteiger partial charge on any atom is 0.418 e. The Morgan fingerprint density at radius 1 is 1.18 bits per heavy atom. The Hall–Kier alpha value is -1.85. The zero-order chi connectivity index (χ0) is 15.5. The van der Waals surface area contributed by atoms with Crippen LogP contribution in [-0.2, 0) is 6.18 Å². The van der Waals surface area contributed by atoms with Crippen molar-refractivity contribution in [3.05, 3.63) is 35.5 Å². The van der Waals surface area contributed by atoms with E-state index in [4.69, 9.17) is 0 Å². The minimum Gasteiger partial charge on any atom is -0.331 e. The summed E-state index contributed by atoms with van der Waals surface area (Å²) in [5, 5.41) is 0. The molecule has 0 spiro atoms. The molecule has 22 heavy (non-hydrogen) atoms. The van der Waals surface area contributed by atoms with Crippen LogP contribution in [0.3, 0.4) is 0 Å². The number of nitrogens with zero attached hydrogens (tertiary/aromatic N) is 3. The predicted molar refractivity (Wildman–Crippen MR) is 75.4 cm³/mol. The van der Waals surface area contributed by atoms with Gasteiger partial charge in [-0.1, -0.05) is 0 Å². The third-order valence-corrected chi connectivity index (χ3v) is 4.33. The largest absolute Gasteiger partial charge is 0.418 e. The van der Waals surface area contributed by atoms with Crippen molar-refractivity contribution in [2.75, 3.05) is 0 Å². The highest BCUT2D eigenvalue weighted by Gasteiger charge is 2.36. The highest BCUT2D eigenvalue weighted by molar-refractivity contribution is 5.59. The van der Waals surface area contributed by atoms with E-state index in [0.717, 1.165) is 31.5 Å². The van der Waals surface area contributed by atoms with Crippen molar-refractivity contribution < 1.29 is 13.2 Å². The fraction of sp³-hybridized carbons (Fsp3) is 0.500. The molecule has 2 fully saturated rings. The number of imidazole rings is 1. The van der Waals surface area contributed by atoms with Crippen molar-refractivity contribution in [1.29, 1.82) is 0 Å². The van der Waals surface area contributed by atoms with Crippen LogP contribution in [0.15, 0.2) is 18.5 Å². The molecule has 2 aromatic rings. The second kappa shape index (κ2) is 4.57. The Morgan fingerprint density at radius 2 is 1.91 bits per heavy atom. The molecule has 0 N–H and O–H groups in total. The Bertz CT molecular complexity index is 695. The van der Waals surface area contributed by atoms with Gasteiger partial charge in [-0.05, 0) is 38.7 Å². The van der Waals surface area contributed by atoms with E-state index in [-0.39, 0.29) is 5.69 Å². The van der Waals surface area contributed by atoms with E-state index in [2.05, 4.69) is 14.5 Å². The summed E-state index contributed by atoms with van der Waals surface area (Å²) in [7, 11) is 0. The fourth-order valence-corrected chi connectivity index (χ4v) is 2.80. The quantitative estimate of drug-likeness (QED) is 0.836. The highest BCUT2D eigenvalue weighted by atomic mass is 19.4. The van der Waals surface area contributed by atoms with Gasteiger partial charge in [0.25, 0.3) is 0 Å². The van der Waals surface area contributed by atoms with Crippen LogP contribution in [0.4, 0.5) is 13.2 Å². The smallest absolute Gasteiger partial charge is 0.331 e. The number of pyridine rings is 1. The molecule has 0 saturated heterocycles. The van der Waals surface area contributed by atoms with Crippen LogP contribution in [0.25, 0.3) is 11.3 Å². The second-order valence-electron chi connectivity index (χ2n) is 6.25. The number of halogens is 3. The number of alkyl halides is 3. The molecule has 2 aliphatic carbocycles. The fourth-order valence-electron chi connectivity index (χ4n) is 2.80. The first-order valence-corrected chi connectivity index (χ1v) is 7.56. The van der Waals surface area contributed by atoms with E-state index < -0.39 is 11.7 Å². The number of aromatic nitrogens is 3. The molecular formula is C16H16F3N3. The third kappa shape index (κ3) is 2.40. The minimum absolute atomic E-state index is 0.000270. The van der Waals surface area contributed by atoms with Crippen LogP contribution in [0.1, 0.15) is 54.7 Å². The zero-order valence-electron chi connectivity index (χ0n) is 12.2. The van der Waals surface area contributed by atoms with E-state index in [0.29, 0.717) is 23.2 Å². The summed E-state index contributed by atoms with van der Waals surface area (Å²) in [4.78, 5) is 8.52. The standard InChI is InChI=1S/C16H16F3N3/c1-9-13(16(17,18)19)6-11(7-20-9)14-8-22(12-4-5-12)15(21-14)10-2-3-10/h6-8,10,12H,2-5H2,1H3. The molecule has 0 unspecified atom stereocenters. The summed E-state index contributed by atoms with van der Waals surface area (Å²) in [6.45, 7) is 1.38. The Labute approximate surface area is 126 Å². The van der Waals surface area contributed by atoms with E-state index in [1.54, 1.807) is 0 Å². The van der Waals surface area contributed by atoms with Gasteiger partial charge in [-0.15, -0.1) is 0 Å². The van der Waals surface area contributed by atoms with E-state index >= 15 is 0 Å². The molecule has 0 radical (unpaired) electrons. The minimum atomic E-state index is -4.38. The molecule has 2 aliphatic rings. The van der Waals surface area contributed by atoms with Gasteiger partial charge in [0.05, 0.1) is 11.3 Å². The molecular weight excluding hydrogens is 291 g/mol. The van der Waals surface area contributed by atoms with Crippen LogP contribution >= 0.6 is 0 Å². The lowest BCUT2D eigenvalue weighted by atomic mass is 10.1. The monoisotopic (exact) mass is 307 g/mol. The number of aryl methyl sites for hydroxylation is 1. The van der Waals surface area contributed by atoms with Crippen LogP contribution in [0.5, 0.6) is 0 Å². The Kier molecular flexibility index (Phi) is 2.86. The van der Waals surface area contributed by atoms with Crippen LogP contribution in [-0.4, -0.2) is 14.5 Å². The van der Waals surface area contributed by atoms with Crippen molar-refractivity contribution in [3.63, 3.8) is 0 Å². The van der Waals surface area contributed by atoms with Gasteiger partial charge in [-0.3, -0.25) is 4.98 Å². The molecule has 0 atom stereocenters. The molecule has 4 rings (SSSR count). The number of hydrogen-bond donors (Lipinski definition) is 0. The third-order valence-electron chi connectivity index (χ3n) is 4.33. The maximum absolute atomic E-state index is 13.0. The van der Waals surface area contributed by atoms with Crippen molar-refractivity contribution in [3.8, 4) is 11.3 Å². The second-order valence-corrected chi connectivity index (χ2v) is 6.25. The lowest BCUT2D eigenvalue weighted by molar-refractivity contribution is -0.138. The molecule has 0 aliphatic heterocycles. The molecule has 2 aromatic heterocycles. The first-order chi connectivity index (χ1) is 10.4. The van der Waals surface area contributed by atoms with Gasteiger partial charge in [0, 0.05) is 35.6 Å². The molecule has 2 saturated carbocycles. The maximum atomic E-state index is 13.0. The number of rotatable bonds is 3. The SMILES string of the molecule is Cc1ncc(-c2cn(C3CC3)c(C3CC3)n2)cc1C(F)(F)F. The van der Waals surface area contributed by atoms with Crippen LogP contribution in [0, 0.1) is 6.92 Å². The summed E-state index contributed by atoms with van der Waals surface area (Å²) < 4.78 is 41.3. The van der Waals surface area contributed by atoms with Gasteiger partial charge in [-0.2, -0.15) is 13.2 Å². The van der Waals surface area contributed by atoms with E-state index in [9.17, 15) is 13.2 Å². The van der Waals surface area contributed by atoms with E-state index in [1.165, 1.54) is 19.2 Å². The molecule has 6 heteroatoms. The summed E-state index contributed by atoms with van der Waals surface area (Å²) in [6, 6.07) is 1.65. The molecule has 116 valence electrons. The van der Waals surface area contributed by atoms with Crippen molar-refractivity contribution in [1.82, 2.24) is 14.5 Å². The average Bonchev–Trinajstić information content (AvgIpc) is 3.37. The normalized spacial score (nSPS) is 18.7. The Morgan fingerprint density at radius 3 is 2.50 bits per heavy atom. The molecule has 2 heterocycles. The summed E-state index contributed by atoms with van der Waals surface area (Å²) in [5.74, 6) is 1.52. The van der Waals surface area contributed by atoms with Crippen molar-refractivity contribution in [2.45, 2.75) is 50.7 Å². The first-order valence-electron chi connectivity index (χ1n) is 7.56. The molecule has 0 aromatic carbocycles. The molecule has 3 nitrogen and oxygen atoms in total. The van der Waals surface area contributed by atoms with Crippen molar-refractivity contribution in [2.24, 2.45) is 0 Å². The van der Waals surface area contributed by atoms with Crippen molar-refractivity contribution >= 4 is 0 Å². The van der Waals surface area contributed by atoms with Crippen LogP contribution in [0.2, 0.25) is 0 Å². The average molecular weight is 307 g/mol. The van der Waals surface area contributed by atoms with Gasteiger partial charge in [0.15, 0.2) is 0 Å². The summed E-state index contributed by atoms with van der Waals surface area (Å²) in [5.41, 5.74) is 0.366. The summed E-state index contributed by atoms with van der Waals surface area (Å²) in [6.07, 6.45) is 3.53. The van der Waals surface area contributed by atoms with Gasteiger partial charge < -0.3 is 4.57 Å². The van der Waals surface area contributed by atoms with Gasteiger partial charge >= 0.3 is 6.18 Å². The highest BCUT2D eigenvalue weighted by Crippen LogP contribution is 2.45. The lowest BCUT2D eigenvalue weighted by Crippen LogP contribution is -2.08. The Balaban J connectivity index is 1.77.